The molecule has 9 heavy (non-hydrogen) atoms. The molecule has 0 saturated carbocycles. The van der Waals surface area contributed by atoms with Crippen molar-refractivity contribution in [2.75, 3.05) is 13.4 Å². The zero-order chi connectivity index (χ0) is 7.11. The van der Waals surface area contributed by atoms with Gasteiger partial charge in [-0.15, -0.1) is 0 Å². The van der Waals surface area contributed by atoms with Crippen molar-refractivity contribution in [2.24, 2.45) is 5.73 Å². The molecule has 0 aliphatic heterocycles. The molecule has 0 bridgehead atoms. The summed E-state index contributed by atoms with van der Waals surface area (Å²) >= 11 is 0. The number of aliphatic hydroxyl groups excluding tert-OH is 1. The van der Waals surface area contributed by atoms with E-state index in [9.17, 15) is 0 Å². The second-order valence-electron chi connectivity index (χ2n) is 1.80. The van der Waals surface area contributed by atoms with Gasteiger partial charge in [0.2, 0.25) is 0 Å². The maximum atomic E-state index is 8.16. The molecule has 0 aliphatic carbocycles. The largest absolute Gasteiger partial charge is 0.403 e. The van der Waals surface area contributed by atoms with Crippen molar-refractivity contribution < 1.29 is 9.84 Å². The fraction of sp³-hybridized carbons (Fsp3) is 0.667. The van der Waals surface area contributed by atoms with E-state index >= 15 is 0 Å². The molecule has 3 N–H and O–H groups in total. The highest BCUT2D eigenvalue weighted by molar-refractivity contribution is 4.84. The summed E-state index contributed by atoms with van der Waals surface area (Å²) in [6.45, 7) is 3.85. The molecule has 0 radical (unpaired) electrons. The third-order valence-electron chi connectivity index (χ3n) is 0.878. The molecule has 0 unspecified atom stereocenters. The minimum absolute atomic E-state index is 0.211. The standard InChI is InChI=1S/C6H13NO2/c1-6(7)3-2-4-9-5-8/h8H,1-5,7H2. The summed E-state index contributed by atoms with van der Waals surface area (Å²) < 4.78 is 4.64. The van der Waals surface area contributed by atoms with Crippen LogP contribution in [0.3, 0.4) is 0 Å². The number of allylic oxidation sites excluding steroid dienone is 1. The zero-order valence-electron chi connectivity index (χ0n) is 5.47. The van der Waals surface area contributed by atoms with Crippen LogP contribution in [0.15, 0.2) is 12.3 Å². The van der Waals surface area contributed by atoms with Gasteiger partial charge in [-0.05, 0) is 12.8 Å². The number of aliphatic hydroxyl groups is 1. The lowest BCUT2D eigenvalue weighted by molar-refractivity contribution is -0.00210. The second-order valence-corrected chi connectivity index (χ2v) is 1.80. The molecule has 0 aliphatic rings. The topological polar surface area (TPSA) is 55.5 Å². The van der Waals surface area contributed by atoms with E-state index in [1.807, 2.05) is 0 Å². The normalized spacial score (nSPS) is 9.44. The Kier molecular flexibility index (Phi) is 5.26. The van der Waals surface area contributed by atoms with Gasteiger partial charge in [0, 0.05) is 12.3 Å². The molecule has 0 rings (SSSR count). The first-order chi connectivity index (χ1) is 4.27. The lowest BCUT2D eigenvalue weighted by Gasteiger charge is -1.98. The maximum Gasteiger partial charge on any atom is 0.143 e. The van der Waals surface area contributed by atoms with Crippen LogP contribution in [-0.4, -0.2) is 18.5 Å². The number of rotatable bonds is 5. The van der Waals surface area contributed by atoms with E-state index in [1.165, 1.54) is 0 Å². The molecule has 0 saturated heterocycles. The molecular formula is C6H13NO2. The first-order valence-corrected chi connectivity index (χ1v) is 2.89. The Morgan fingerprint density at radius 3 is 2.78 bits per heavy atom. The number of hydrogen-bond donors (Lipinski definition) is 2. The molecule has 0 atom stereocenters. The van der Waals surface area contributed by atoms with Crippen LogP contribution in [-0.2, 0) is 4.74 Å². The molecule has 3 heteroatoms. The predicted octanol–water partition coefficient (Wildman–Crippen LogP) is 0.205. The van der Waals surface area contributed by atoms with Crippen LogP contribution < -0.4 is 5.73 Å². The molecule has 0 fully saturated rings. The van der Waals surface area contributed by atoms with E-state index in [2.05, 4.69) is 11.3 Å². The second kappa shape index (κ2) is 5.59. The minimum Gasteiger partial charge on any atom is -0.403 e. The third-order valence-corrected chi connectivity index (χ3v) is 0.878. The van der Waals surface area contributed by atoms with Gasteiger partial charge in [0.15, 0.2) is 0 Å². The summed E-state index contributed by atoms with van der Waals surface area (Å²) in [6, 6.07) is 0. The molecule has 0 aromatic carbocycles. The van der Waals surface area contributed by atoms with Crippen LogP contribution >= 0.6 is 0 Å². The lowest BCUT2D eigenvalue weighted by Crippen LogP contribution is -1.99. The van der Waals surface area contributed by atoms with Crippen LogP contribution in [0, 0.1) is 0 Å². The molecule has 0 aromatic heterocycles. The highest BCUT2D eigenvalue weighted by atomic mass is 16.6. The predicted molar refractivity (Wildman–Crippen MR) is 35.6 cm³/mol. The Morgan fingerprint density at radius 1 is 1.67 bits per heavy atom. The summed E-state index contributed by atoms with van der Waals surface area (Å²) in [5, 5.41) is 8.16. The summed E-state index contributed by atoms with van der Waals surface area (Å²) in [5.74, 6) is 0. The monoisotopic (exact) mass is 131 g/mol. The Morgan fingerprint density at radius 2 is 2.33 bits per heavy atom. The number of nitrogens with two attached hydrogens (primary N) is 1. The van der Waals surface area contributed by atoms with Crippen molar-refractivity contribution in [1.82, 2.24) is 0 Å². The van der Waals surface area contributed by atoms with Crippen molar-refractivity contribution in [3.8, 4) is 0 Å². The van der Waals surface area contributed by atoms with Crippen molar-refractivity contribution in [3.63, 3.8) is 0 Å². The van der Waals surface area contributed by atoms with E-state index in [1.54, 1.807) is 0 Å². The molecular weight excluding hydrogens is 118 g/mol. The average molecular weight is 131 g/mol. The van der Waals surface area contributed by atoms with Gasteiger partial charge < -0.3 is 15.6 Å². The van der Waals surface area contributed by atoms with Gasteiger partial charge in [0.1, 0.15) is 6.79 Å². The summed E-state index contributed by atoms with van der Waals surface area (Å²) in [4.78, 5) is 0. The Hall–Kier alpha value is -0.540. The highest BCUT2D eigenvalue weighted by Crippen LogP contribution is 1.94. The van der Waals surface area contributed by atoms with Gasteiger partial charge >= 0.3 is 0 Å². The van der Waals surface area contributed by atoms with Gasteiger partial charge in [-0.1, -0.05) is 6.58 Å². The quantitative estimate of drug-likeness (QED) is 0.414. The Balaban J connectivity index is 2.83. The van der Waals surface area contributed by atoms with Crippen LogP contribution in [0.1, 0.15) is 12.8 Å². The third kappa shape index (κ3) is 7.46. The van der Waals surface area contributed by atoms with E-state index in [0.29, 0.717) is 12.3 Å². The molecule has 54 valence electrons. The van der Waals surface area contributed by atoms with E-state index in [-0.39, 0.29) is 6.79 Å². The van der Waals surface area contributed by atoms with Crippen molar-refractivity contribution >= 4 is 0 Å². The van der Waals surface area contributed by atoms with Crippen molar-refractivity contribution in [2.45, 2.75) is 12.8 Å². The van der Waals surface area contributed by atoms with Gasteiger partial charge in [0.05, 0.1) is 0 Å². The molecule has 3 nitrogen and oxygen atoms in total. The Labute approximate surface area is 55.1 Å². The maximum absolute atomic E-state index is 8.16. The first-order valence-electron chi connectivity index (χ1n) is 2.89. The first kappa shape index (κ1) is 8.46. The molecule has 0 spiro atoms. The number of hydrogen-bond acceptors (Lipinski definition) is 3. The van der Waals surface area contributed by atoms with Crippen LogP contribution in [0.4, 0.5) is 0 Å². The smallest absolute Gasteiger partial charge is 0.143 e. The van der Waals surface area contributed by atoms with Gasteiger partial charge in [-0.3, -0.25) is 0 Å². The summed E-state index contributed by atoms with van der Waals surface area (Å²) in [7, 11) is 0. The SMILES string of the molecule is C=C(N)CCCOCO. The van der Waals surface area contributed by atoms with Gasteiger partial charge in [-0.2, -0.15) is 0 Å². The lowest BCUT2D eigenvalue weighted by atomic mass is 10.3. The van der Waals surface area contributed by atoms with Gasteiger partial charge in [-0.25, -0.2) is 0 Å². The fourth-order valence-electron chi connectivity index (χ4n) is 0.466. The summed E-state index contributed by atoms with van der Waals surface area (Å²) in [6.07, 6.45) is 1.59. The van der Waals surface area contributed by atoms with E-state index < -0.39 is 0 Å². The van der Waals surface area contributed by atoms with E-state index in [0.717, 1.165) is 12.8 Å². The van der Waals surface area contributed by atoms with Crippen molar-refractivity contribution in [3.05, 3.63) is 12.3 Å². The average Bonchev–Trinajstić information content (AvgIpc) is 1.80. The fourth-order valence-corrected chi connectivity index (χ4v) is 0.466. The highest BCUT2D eigenvalue weighted by Gasteiger charge is 1.87. The minimum atomic E-state index is -0.211. The Bertz CT molecular complexity index is 83.1. The molecule has 0 aromatic rings. The van der Waals surface area contributed by atoms with Crippen LogP contribution in [0.2, 0.25) is 0 Å². The molecule has 0 heterocycles. The molecule has 0 amide bonds. The van der Waals surface area contributed by atoms with Crippen LogP contribution in [0.5, 0.6) is 0 Å². The zero-order valence-corrected chi connectivity index (χ0v) is 5.47. The van der Waals surface area contributed by atoms with Gasteiger partial charge in [0.25, 0.3) is 0 Å². The summed E-state index contributed by atoms with van der Waals surface area (Å²) in [5.41, 5.74) is 5.93. The van der Waals surface area contributed by atoms with E-state index in [4.69, 9.17) is 10.8 Å². The van der Waals surface area contributed by atoms with Crippen LogP contribution in [0.25, 0.3) is 0 Å². The van der Waals surface area contributed by atoms with Crippen molar-refractivity contribution in [1.29, 1.82) is 0 Å². The number of ether oxygens (including phenoxy) is 1.